The molecule has 0 aromatic rings. The van der Waals surface area contributed by atoms with Crippen LogP contribution in [0.2, 0.25) is 0 Å². The monoisotopic (exact) mass is 140 g/mol. The molecule has 3 nitrogen and oxygen atoms in total. The van der Waals surface area contributed by atoms with Crippen molar-refractivity contribution in [1.29, 1.82) is 0 Å². The zero-order valence-electron chi connectivity index (χ0n) is 5.89. The number of carbonyl (C=O) groups is 1. The van der Waals surface area contributed by atoms with Crippen molar-refractivity contribution < 1.29 is 4.79 Å². The Morgan fingerprint density at radius 2 is 1.60 bits per heavy atom. The first-order chi connectivity index (χ1) is 4.86. The summed E-state index contributed by atoms with van der Waals surface area (Å²) in [4.78, 5) is 10.8. The van der Waals surface area contributed by atoms with Crippen molar-refractivity contribution in [3.8, 4) is 0 Å². The van der Waals surface area contributed by atoms with Gasteiger partial charge in [-0.25, -0.2) is 4.79 Å². The van der Waals surface area contributed by atoms with Crippen LogP contribution in [0, 0.1) is 0 Å². The minimum Gasteiger partial charge on any atom is -0.333 e. The molecule has 1 aliphatic heterocycles. The number of nitrogens with one attached hydrogen (secondary N) is 2. The number of carbonyl (C=O) groups excluding carboxylic acids is 1. The first kappa shape index (κ1) is 6.01. The van der Waals surface area contributed by atoms with Crippen LogP contribution in [0.4, 0.5) is 4.79 Å². The highest BCUT2D eigenvalue weighted by Crippen LogP contribution is 2.20. The molecule has 1 saturated heterocycles. The molecule has 1 saturated carbocycles. The number of urea groups is 1. The Hall–Kier alpha value is -0.730. The maximum absolute atomic E-state index is 10.8. The third-order valence-corrected chi connectivity index (χ3v) is 2.40. The smallest absolute Gasteiger partial charge is 0.315 e. The molecule has 0 bridgehead atoms. The molecule has 2 aliphatic rings. The SMILES string of the molecule is O=C1N[C@H]2CCCC[C@H]2N1. The van der Waals surface area contributed by atoms with Gasteiger partial charge >= 0.3 is 6.03 Å². The first-order valence-corrected chi connectivity index (χ1v) is 3.93. The number of hydrogen-bond donors (Lipinski definition) is 2. The predicted octanol–water partition coefficient (Wildman–Crippen LogP) is 0.610. The standard InChI is InChI=1S/C7H12N2O/c10-7-8-5-3-1-2-4-6(5)9-7/h5-6H,1-4H2,(H2,8,9,10)/t5-,6+. The first-order valence-electron chi connectivity index (χ1n) is 3.93. The average molecular weight is 140 g/mol. The largest absolute Gasteiger partial charge is 0.333 e. The Bertz CT molecular complexity index is 142. The summed E-state index contributed by atoms with van der Waals surface area (Å²) >= 11 is 0. The molecule has 2 fully saturated rings. The average Bonchev–Trinajstić information content (AvgIpc) is 2.27. The van der Waals surface area contributed by atoms with Crippen LogP contribution < -0.4 is 10.6 Å². The van der Waals surface area contributed by atoms with E-state index in [4.69, 9.17) is 0 Å². The number of amides is 2. The van der Waals surface area contributed by atoms with E-state index in [2.05, 4.69) is 10.6 Å². The molecule has 2 rings (SSSR count). The number of rotatable bonds is 0. The molecule has 0 spiro atoms. The molecule has 2 amide bonds. The second-order valence-corrected chi connectivity index (χ2v) is 3.12. The lowest BCUT2D eigenvalue weighted by molar-refractivity contribution is 0.247. The summed E-state index contributed by atoms with van der Waals surface area (Å²) in [5.41, 5.74) is 0. The van der Waals surface area contributed by atoms with E-state index >= 15 is 0 Å². The van der Waals surface area contributed by atoms with Crippen molar-refractivity contribution in [2.75, 3.05) is 0 Å². The Morgan fingerprint density at radius 1 is 1.10 bits per heavy atom. The summed E-state index contributed by atoms with van der Waals surface area (Å²) in [6, 6.07) is 0.888. The highest BCUT2D eigenvalue weighted by molar-refractivity contribution is 5.77. The number of hydrogen-bond acceptors (Lipinski definition) is 1. The van der Waals surface area contributed by atoms with Gasteiger partial charge in [0.2, 0.25) is 0 Å². The minimum absolute atomic E-state index is 0.0249. The van der Waals surface area contributed by atoms with Gasteiger partial charge in [0.25, 0.3) is 0 Å². The van der Waals surface area contributed by atoms with Gasteiger partial charge in [0.15, 0.2) is 0 Å². The molecule has 2 N–H and O–H groups in total. The summed E-state index contributed by atoms with van der Waals surface area (Å²) < 4.78 is 0. The molecule has 10 heavy (non-hydrogen) atoms. The molecule has 1 heterocycles. The van der Waals surface area contributed by atoms with Gasteiger partial charge in [-0.1, -0.05) is 12.8 Å². The summed E-state index contributed by atoms with van der Waals surface area (Å²) in [5.74, 6) is 0. The molecule has 56 valence electrons. The van der Waals surface area contributed by atoms with Gasteiger partial charge in [0.1, 0.15) is 0 Å². The normalized spacial score (nSPS) is 38.2. The Kier molecular flexibility index (Phi) is 1.29. The molecule has 0 aromatic heterocycles. The molecule has 2 atom stereocenters. The van der Waals surface area contributed by atoms with Gasteiger partial charge in [0.05, 0.1) is 12.1 Å². The van der Waals surface area contributed by atoms with Crippen LogP contribution in [0.15, 0.2) is 0 Å². The molecular formula is C7H12N2O. The van der Waals surface area contributed by atoms with Crippen molar-refractivity contribution in [3.05, 3.63) is 0 Å². The molecule has 0 radical (unpaired) electrons. The molecular weight excluding hydrogens is 128 g/mol. The van der Waals surface area contributed by atoms with E-state index in [1.807, 2.05) is 0 Å². The van der Waals surface area contributed by atoms with Gasteiger partial charge in [-0.3, -0.25) is 0 Å². The highest BCUT2D eigenvalue weighted by atomic mass is 16.2. The van der Waals surface area contributed by atoms with E-state index in [9.17, 15) is 4.79 Å². The van der Waals surface area contributed by atoms with Crippen LogP contribution in [0.5, 0.6) is 0 Å². The lowest BCUT2D eigenvalue weighted by atomic mass is 9.92. The Morgan fingerprint density at radius 3 is 2.10 bits per heavy atom. The number of fused-ring (bicyclic) bond motifs is 1. The lowest BCUT2D eigenvalue weighted by Gasteiger charge is -2.22. The summed E-state index contributed by atoms with van der Waals surface area (Å²) in [7, 11) is 0. The lowest BCUT2D eigenvalue weighted by Crippen LogP contribution is -2.36. The maximum atomic E-state index is 10.8. The zero-order valence-corrected chi connectivity index (χ0v) is 5.89. The fourth-order valence-corrected chi connectivity index (χ4v) is 1.85. The van der Waals surface area contributed by atoms with Crippen LogP contribution in [0.25, 0.3) is 0 Å². The maximum Gasteiger partial charge on any atom is 0.315 e. The van der Waals surface area contributed by atoms with Crippen LogP contribution in [-0.2, 0) is 0 Å². The highest BCUT2D eigenvalue weighted by Gasteiger charge is 2.32. The Labute approximate surface area is 60.2 Å². The van der Waals surface area contributed by atoms with E-state index < -0.39 is 0 Å². The fourth-order valence-electron chi connectivity index (χ4n) is 1.85. The van der Waals surface area contributed by atoms with Crippen molar-refractivity contribution in [1.82, 2.24) is 10.6 Å². The van der Waals surface area contributed by atoms with Gasteiger partial charge in [-0.05, 0) is 12.8 Å². The summed E-state index contributed by atoms with van der Waals surface area (Å²) in [6.07, 6.45) is 4.85. The van der Waals surface area contributed by atoms with Gasteiger partial charge < -0.3 is 10.6 Å². The van der Waals surface area contributed by atoms with E-state index in [1.165, 1.54) is 12.8 Å². The Balaban J connectivity index is 2.04. The quantitative estimate of drug-likeness (QED) is 0.508. The molecule has 0 unspecified atom stereocenters. The van der Waals surface area contributed by atoms with Crippen molar-refractivity contribution in [2.24, 2.45) is 0 Å². The third kappa shape index (κ3) is 0.856. The fraction of sp³-hybridized carbons (Fsp3) is 0.857. The molecule has 1 aliphatic carbocycles. The topological polar surface area (TPSA) is 41.1 Å². The van der Waals surface area contributed by atoms with E-state index in [0.717, 1.165) is 12.8 Å². The van der Waals surface area contributed by atoms with Crippen molar-refractivity contribution >= 4 is 6.03 Å². The van der Waals surface area contributed by atoms with Crippen LogP contribution >= 0.6 is 0 Å². The van der Waals surface area contributed by atoms with E-state index in [0.29, 0.717) is 12.1 Å². The van der Waals surface area contributed by atoms with Gasteiger partial charge in [-0.15, -0.1) is 0 Å². The van der Waals surface area contributed by atoms with E-state index in [1.54, 1.807) is 0 Å². The second kappa shape index (κ2) is 2.15. The third-order valence-electron chi connectivity index (χ3n) is 2.40. The van der Waals surface area contributed by atoms with Gasteiger partial charge in [0, 0.05) is 0 Å². The van der Waals surface area contributed by atoms with Crippen molar-refractivity contribution in [3.63, 3.8) is 0 Å². The van der Waals surface area contributed by atoms with Crippen LogP contribution in [0.1, 0.15) is 25.7 Å². The van der Waals surface area contributed by atoms with Crippen LogP contribution in [-0.4, -0.2) is 18.1 Å². The summed E-state index contributed by atoms with van der Waals surface area (Å²) in [6.45, 7) is 0. The van der Waals surface area contributed by atoms with E-state index in [-0.39, 0.29) is 6.03 Å². The summed E-state index contributed by atoms with van der Waals surface area (Å²) in [5, 5.41) is 5.81. The van der Waals surface area contributed by atoms with Crippen molar-refractivity contribution in [2.45, 2.75) is 37.8 Å². The minimum atomic E-state index is 0.0249. The molecule has 3 heteroatoms. The van der Waals surface area contributed by atoms with Crippen LogP contribution in [0.3, 0.4) is 0 Å². The second-order valence-electron chi connectivity index (χ2n) is 3.12. The van der Waals surface area contributed by atoms with Gasteiger partial charge in [-0.2, -0.15) is 0 Å². The predicted molar refractivity (Wildman–Crippen MR) is 37.7 cm³/mol. The zero-order chi connectivity index (χ0) is 6.97. The molecule has 0 aromatic carbocycles.